The number of amides is 1. The first kappa shape index (κ1) is 18.2. The molecular weight excluding hydrogens is 338 g/mol. The van der Waals surface area contributed by atoms with Crippen LogP contribution in [0, 0.1) is 11.8 Å². The van der Waals surface area contributed by atoms with E-state index >= 15 is 0 Å². The maximum absolute atomic E-state index is 14.2. The Bertz CT molecular complexity index is 838. The van der Waals surface area contributed by atoms with Gasteiger partial charge in [0.05, 0.1) is 11.7 Å². The van der Waals surface area contributed by atoms with Crippen molar-refractivity contribution in [3.8, 4) is 11.4 Å². The van der Waals surface area contributed by atoms with Crippen LogP contribution in [0.15, 0.2) is 30.0 Å². The van der Waals surface area contributed by atoms with Crippen molar-refractivity contribution < 1.29 is 13.6 Å². The predicted octanol–water partition coefficient (Wildman–Crippen LogP) is 4.63. The van der Waals surface area contributed by atoms with Gasteiger partial charge in [0.25, 0.3) is 5.91 Å². The summed E-state index contributed by atoms with van der Waals surface area (Å²) in [6.07, 6.45) is 8.72. The molecule has 0 bridgehead atoms. The number of hydrogen-bond acceptors (Lipinski definition) is 3. The van der Waals surface area contributed by atoms with E-state index in [2.05, 4.69) is 15.4 Å². The topological polar surface area (TPSA) is 59.8 Å². The zero-order valence-electron chi connectivity index (χ0n) is 14.9. The van der Waals surface area contributed by atoms with E-state index in [1.807, 2.05) is 0 Å². The van der Waals surface area contributed by atoms with E-state index in [9.17, 15) is 13.6 Å². The maximum Gasteiger partial charge on any atom is 0.251 e. The first-order valence-electron chi connectivity index (χ1n) is 8.85. The number of nitrogens with zero attached hydrogens (tertiary/aromatic N) is 3. The Balaban J connectivity index is 2.03. The number of rotatable bonds is 4. The van der Waals surface area contributed by atoms with Crippen molar-refractivity contribution in [1.29, 1.82) is 0 Å². The number of anilines is 1. The number of pyridine rings is 1. The highest BCUT2D eigenvalue weighted by molar-refractivity contribution is 6.04. The van der Waals surface area contributed by atoms with Crippen LogP contribution >= 0.6 is 0 Å². The van der Waals surface area contributed by atoms with Gasteiger partial charge in [-0.3, -0.25) is 9.48 Å². The van der Waals surface area contributed by atoms with Crippen LogP contribution < -0.4 is 5.32 Å². The number of allylic oxidation sites excluding steroid dienone is 1. The molecule has 1 N–H and O–H groups in total. The average molecular weight is 360 g/mol. The summed E-state index contributed by atoms with van der Waals surface area (Å²) in [6.45, 7) is 3.44. The lowest BCUT2D eigenvalue weighted by atomic mass is 9.96. The summed E-state index contributed by atoms with van der Waals surface area (Å²) in [5, 5.41) is 7.20. The molecule has 26 heavy (non-hydrogen) atoms. The molecule has 1 aliphatic carbocycles. The summed E-state index contributed by atoms with van der Waals surface area (Å²) >= 11 is 0. The monoisotopic (exact) mass is 360 g/mol. The smallest absolute Gasteiger partial charge is 0.251 e. The lowest BCUT2D eigenvalue weighted by Gasteiger charge is -2.21. The Morgan fingerprint density at radius 1 is 1.23 bits per heavy atom. The Hall–Kier alpha value is -2.57. The van der Waals surface area contributed by atoms with Crippen LogP contribution in [0.5, 0.6) is 0 Å². The van der Waals surface area contributed by atoms with Crippen LogP contribution in [0.25, 0.3) is 11.4 Å². The van der Waals surface area contributed by atoms with Gasteiger partial charge < -0.3 is 5.32 Å². The van der Waals surface area contributed by atoms with Gasteiger partial charge in [-0.15, -0.1) is 0 Å². The minimum Gasteiger partial charge on any atom is -0.319 e. The van der Waals surface area contributed by atoms with Gasteiger partial charge in [-0.2, -0.15) is 9.49 Å². The Kier molecular flexibility index (Phi) is 5.44. The van der Waals surface area contributed by atoms with Crippen LogP contribution in [0.3, 0.4) is 0 Å². The molecule has 3 rings (SSSR count). The van der Waals surface area contributed by atoms with E-state index in [-0.39, 0.29) is 23.3 Å². The molecule has 2 aromatic heterocycles. The molecule has 0 radical (unpaired) electrons. The Labute approximate surface area is 151 Å². The third-order valence-corrected chi connectivity index (χ3v) is 4.76. The fraction of sp³-hybridized carbons (Fsp3) is 0.421. The van der Waals surface area contributed by atoms with Crippen molar-refractivity contribution in [2.75, 3.05) is 5.32 Å². The van der Waals surface area contributed by atoms with Gasteiger partial charge in [0.2, 0.25) is 5.95 Å². The molecule has 5 nitrogen and oxygen atoms in total. The fourth-order valence-corrected chi connectivity index (χ4v) is 3.13. The van der Waals surface area contributed by atoms with Crippen LogP contribution in [0.2, 0.25) is 0 Å². The summed E-state index contributed by atoms with van der Waals surface area (Å²) in [7, 11) is 0. The predicted molar refractivity (Wildman–Crippen MR) is 95.6 cm³/mol. The van der Waals surface area contributed by atoms with Gasteiger partial charge in [-0.25, -0.2) is 9.37 Å². The molecule has 1 amide bonds. The molecular formula is C19H22F2N4O. The summed E-state index contributed by atoms with van der Waals surface area (Å²) in [4.78, 5) is 15.9. The Morgan fingerprint density at radius 3 is 2.65 bits per heavy atom. The van der Waals surface area contributed by atoms with Crippen molar-refractivity contribution in [1.82, 2.24) is 14.8 Å². The molecule has 0 aromatic carbocycles. The molecule has 7 heteroatoms. The number of hydrogen-bond donors (Lipinski definition) is 1. The molecule has 138 valence electrons. The van der Waals surface area contributed by atoms with Crippen molar-refractivity contribution in [2.24, 2.45) is 0 Å². The molecule has 0 unspecified atom stereocenters. The van der Waals surface area contributed by atoms with Gasteiger partial charge in [0.15, 0.2) is 5.82 Å². The first-order valence-corrected chi connectivity index (χ1v) is 8.85. The molecule has 1 saturated carbocycles. The highest BCUT2D eigenvalue weighted by Gasteiger charge is 2.23. The minimum atomic E-state index is -0.796. The summed E-state index contributed by atoms with van der Waals surface area (Å²) < 4.78 is 29.6. The first-order chi connectivity index (χ1) is 12.5. The van der Waals surface area contributed by atoms with Gasteiger partial charge in [0.1, 0.15) is 11.4 Å². The van der Waals surface area contributed by atoms with Crippen molar-refractivity contribution in [3.05, 3.63) is 41.7 Å². The van der Waals surface area contributed by atoms with Crippen LogP contribution in [-0.2, 0) is 4.79 Å². The van der Waals surface area contributed by atoms with Crippen LogP contribution in [-0.4, -0.2) is 20.7 Å². The van der Waals surface area contributed by atoms with Gasteiger partial charge in [-0.1, -0.05) is 25.3 Å². The van der Waals surface area contributed by atoms with E-state index in [4.69, 9.17) is 0 Å². The van der Waals surface area contributed by atoms with Crippen molar-refractivity contribution >= 4 is 11.6 Å². The van der Waals surface area contributed by atoms with Gasteiger partial charge in [-0.05, 0) is 38.8 Å². The van der Waals surface area contributed by atoms with Crippen molar-refractivity contribution in [2.45, 2.75) is 52.0 Å². The molecule has 2 aromatic rings. The quantitative estimate of drug-likeness (QED) is 0.639. The SMILES string of the molecule is C/C=C(\C)C(=O)Nc1cn(C2CCCCC2)nc1-c1nc(F)ccc1F. The van der Waals surface area contributed by atoms with Gasteiger partial charge in [0, 0.05) is 11.8 Å². The van der Waals surface area contributed by atoms with Crippen LogP contribution in [0.4, 0.5) is 14.5 Å². The van der Waals surface area contributed by atoms with Gasteiger partial charge >= 0.3 is 0 Å². The molecule has 1 aliphatic rings. The normalized spacial score (nSPS) is 15.9. The summed E-state index contributed by atoms with van der Waals surface area (Å²) in [5.74, 6) is -1.79. The number of nitrogens with one attached hydrogen (secondary N) is 1. The standard InChI is InChI=1S/C19H22F2N4O/c1-3-12(2)19(26)22-15-11-25(13-7-5-4-6-8-13)24-18(15)17-14(20)9-10-16(21)23-17/h3,9-11,13H,4-8H2,1-2H3,(H,22,26)/b12-3+. The molecule has 0 saturated heterocycles. The van der Waals surface area contributed by atoms with E-state index < -0.39 is 11.8 Å². The second-order valence-corrected chi connectivity index (χ2v) is 6.55. The largest absolute Gasteiger partial charge is 0.319 e. The number of aromatic nitrogens is 3. The van der Waals surface area contributed by atoms with E-state index in [0.29, 0.717) is 11.3 Å². The third kappa shape index (κ3) is 3.81. The summed E-state index contributed by atoms with van der Waals surface area (Å²) in [6, 6.07) is 2.16. The minimum absolute atomic E-state index is 0.143. The highest BCUT2D eigenvalue weighted by Crippen LogP contribution is 2.33. The lowest BCUT2D eigenvalue weighted by molar-refractivity contribution is -0.112. The Morgan fingerprint density at radius 2 is 1.96 bits per heavy atom. The maximum atomic E-state index is 14.2. The second-order valence-electron chi connectivity index (χ2n) is 6.55. The number of carbonyl (C=O) groups is 1. The summed E-state index contributed by atoms with van der Waals surface area (Å²) in [5.41, 5.74) is 0.797. The van der Waals surface area contributed by atoms with E-state index in [0.717, 1.165) is 37.8 Å². The zero-order valence-corrected chi connectivity index (χ0v) is 14.9. The zero-order chi connectivity index (χ0) is 18.7. The van der Waals surface area contributed by atoms with E-state index in [1.54, 1.807) is 30.8 Å². The molecule has 0 atom stereocenters. The highest BCUT2D eigenvalue weighted by atomic mass is 19.1. The number of halogens is 2. The lowest BCUT2D eigenvalue weighted by Crippen LogP contribution is -2.14. The molecule has 1 fully saturated rings. The molecule has 2 heterocycles. The van der Waals surface area contributed by atoms with Crippen LogP contribution in [0.1, 0.15) is 52.0 Å². The fourth-order valence-electron chi connectivity index (χ4n) is 3.13. The average Bonchev–Trinajstić information content (AvgIpc) is 3.07. The van der Waals surface area contributed by atoms with Crippen molar-refractivity contribution in [3.63, 3.8) is 0 Å². The van der Waals surface area contributed by atoms with E-state index in [1.165, 1.54) is 6.42 Å². The molecule has 0 spiro atoms. The second kappa shape index (κ2) is 7.76. The third-order valence-electron chi connectivity index (χ3n) is 4.76. The number of carbonyl (C=O) groups excluding carboxylic acids is 1. The molecule has 0 aliphatic heterocycles.